The maximum Gasteiger partial charge on any atom is 0.190 e. The molecule has 1 aromatic carbocycles. The van der Waals surface area contributed by atoms with E-state index in [2.05, 4.69) is 12.0 Å². The highest BCUT2D eigenvalue weighted by atomic mass is 32.1. The number of ether oxygens (including phenoxy) is 1. The molecule has 0 bridgehead atoms. The number of nitrogens with zero attached hydrogens (tertiary/aromatic N) is 2. The summed E-state index contributed by atoms with van der Waals surface area (Å²) < 4.78 is 8.20. The third-order valence-electron chi connectivity index (χ3n) is 4.86. The quantitative estimate of drug-likeness (QED) is 0.632. The second kappa shape index (κ2) is 5.85. The molecule has 5 heteroatoms. The Bertz CT molecular complexity index is 998. The van der Waals surface area contributed by atoms with Crippen LogP contribution in [0.15, 0.2) is 24.4 Å². The smallest absolute Gasteiger partial charge is 0.190 e. The van der Waals surface area contributed by atoms with Crippen LogP contribution in [0.3, 0.4) is 0 Å². The van der Waals surface area contributed by atoms with Crippen molar-refractivity contribution < 1.29 is 9.53 Å². The first-order chi connectivity index (χ1) is 12.0. The van der Waals surface area contributed by atoms with Crippen LogP contribution < -0.4 is 4.74 Å². The summed E-state index contributed by atoms with van der Waals surface area (Å²) in [5.74, 6) is 0.841. The van der Waals surface area contributed by atoms with Gasteiger partial charge in [-0.1, -0.05) is 0 Å². The lowest BCUT2D eigenvalue weighted by atomic mass is 9.92. The number of benzene rings is 1. The van der Waals surface area contributed by atoms with Gasteiger partial charge in [-0.05, 0) is 68.5 Å². The van der Waals surface area contributed by atoms with Crippen LogP contribution in [-0.4, -0.2) is 15.6 Å². The first-order valence-corrected chi connectivity index (χ1v) is 9.20. The molecule has 4 rings (SSSR count). The Morgan fingerprint density at radius 2 is 2.08 bits per heavy atom. The van der Waals surface area contributed by atoms with E-state index in [9.17, 15) is 4.79 Å². The Kier molecular flexibility index (Phi) is 3.76. The van der Waals surface area contributed by atoms with Crippen LogP contribution in [-0.2, 0) is 19.9 Å². The van der Waals surface area contributed by atoms with Crippen LogP contribution in [0, 0.1) is 13.8 Å². The van der Waals surface area contributed by atoms with Crippen molar-refractivity contribution in [2.24, 2.45) is 7.05 Å². The van der Waals surface area contributed by atoms with Gasteiger partial charge in [-0.3, -0.25) is 9.48 Å². The molecule has 0 fully saturated rings. The van der Waals surface area contributed by atoms with Crippen LogP contribution in [0.1, 0.15) is 38.8 Å². The fourth-order valence-electron chi connectivity index (χ4n) is 3.61. The second-order valence-corrected chi connectivity index (χ2v) is 7.76. The van der Waals surface area contributed by atoms with E-state index in [1.54, 1.807) is 18.3 Å². The molecule has 1 aliphatic rings. The molecule has 2 heterocycles. The van der Waals surface area contributed by atoms with Gasteiger partial charge in [0.2, 0.25) is 0 Å². The van der Waals surface area contributed by atoms with E-state index in [0.29, 0.717) is 0 Å². The summed E-state index contributed by atoms with van der Waals surface area (Å²) in [7, 11) is 1.98. The zero-order valence-corrected chi connectivity index (χ0v) is 15.7. The number of rotatable bonds is 3. The van der Waals surface area contributed by atoms with E-state index in [1.807, 2.05) is 43.0 Å². The van der Waals surface area contributed by atoms with Gasteiger partial charge in [-0.15, -0.1) is 11.3 Å². The number of aryl methyl sites for hydroxylation is 4. The number of ketones is 1. The first-order valence-electron chi connectivity index (χ1n) is 8.38. The molecule has 0 spiro atoms. The maximum absolute atomic E-state index is 11.6. The van der Waals surface area contributed by atoms with E-state index in [4.69, 9.17) is 4.74 Å². The topological polar surface area (TPSA) is 44.1 Å². The van der Waals surface area contributed by atoms with Gasteiger partial charge in [0.1, 0.15) is 5.75 Å². The molecule has 0 atom stereocenters. The van der Waals surface area contributed by atoms with Gasteiger partial charge in [0.25, 0.3) is 0 Å². The zero-order chi connectivity index (χ0) is 17.7. The lowest BCUT2D eigenvalue weighted by Crippen LogP contribution is -2.05. The van der Waals surface area contributed by atoms with Gasteiger partial charge in [0.05, 0.1) is 17.5 Å². The molecular weight excluding hydrogens is 332 g/mol. The Hall–Kier alpha value is -2.40. The maximum atomic E-state index is 11.6. The number of hydrogen-bond acceptors (Lipinski definition) is 4. The summed E-state index contributed by atoms with van der Waals surface area (Å²) in [6.07, 6.45) is 4.02. The highest BCUT2D eigenvalue weighted by Crippen LogP contribution is 2.48. The summed E-state index contributed by atoms with van der Waals surface area (Å²) in [5, 5.41) is 5.34. The Morgan fingerprint density at radius 1 is 1.28 bits per heavy atom. The highest BCUT2D eigenvalue weighted by molar-refractivity contribution is 7.14. The molecule has 0 N–H and O–H groups in total. The van der Waals surface area contributed by atoms with Crippen molar-refractivity contribution >= 4 is 17.1 Å². The van der Waals surface area contributed by atoms with Gasteiger partial charge in [-0.2, -0.15) is 5.10 Å². The molecule has 3 aromatic rings. The van der Waals surface area contributed by atoms with Crippen LogP contribution in [0.5, 0.6) is 10.8 Å². The molecular formula is C20H20N2O2S. The van der Waals surface area contributed by atoms with Gasteiger partial charge < -0.3 is 4.74 Å². The average Bonchev–Trinajstić information content (AvgIpc) is 3.08. The minimum atomic E-state index is 0.0768. The Morgan fingerprint density at radius 3 is 2.80 bits per heavy atom. The van der Waals surface area contributed by atoms with Crippen molar-refractivity contribution in [2.75, 3.05) is 0 Å². The summed E-state index contributed by atoms with van der Waals surface area (Å²) >= 11 is 1.69. The zero-order valence-electron chi connectivity index (χ0n) is 14.8. The molecule has 0 unspecified atom stereocenters. The van der Waals surface area contributed by atoms with Gasteiger partial charge in [0, 0.05) is 17.5 Å². The largest absolute Gasteiger partial charge is 0.446 e. The third kappa shape index (κ3) is 2.59. The molecule has 128 valence electrons. The minimum Gasteiger partial charge on any atom is -0.446 e. The van der Waals surface area contributed by atoms with E-state index < -0.39 is 0 Å². The van der Waals surface area contributed by atoms with Gasteiger partial charge >= 0.3 is 0 Å². The molecule has 0 saturated carbocycles. The normalized spacial score (nSPS) is 12.6. The van der Waals surface area contributed by atoms with Gasteiger partial charge in [-0.25, -0.2) is 0 Å². The SMILES string of the molecule is CC(=O)c1ccc(Oc2sc(C)c3c2-c2c(cnn2C)CC3)cc1C. The standard InChI is InChI=1S/C20H20N2O2S/c1-11-9-15(6-8-16(11)12(2)23)24-20-18-17(13(3)25-20)7-5-14-10-21-22(4)19(14)18/h6,8-10H,5,7H2,1-4H3. The van der Waals surface area contributed by atoms with E-state index in [-0.39, 0.29) is 5.78 Å². The molecule has 1 aliphatic carbocycles. The number of aromatic nitrogens is 2. The number of fused-ring (bicyclic) bond motifs is 3. The predicted molar refractivity (Wildman–Crippen MR) is 99.9 cm³/mol. The van der Waals surface area contributed by atoms with Crippen molar-refractivity contribution in [2.45, 2.75) is 33.6 Å². The lowest BCUT2D eigenvalue weighted by molar-refractivity contribution is 0.101. The van der Waals surface area contributed by atoms with E-state index >= 15 is 0 Å². The molecule has 2 aromatic heterocycles. The first kappa shape index (κ1) is 16.1. The summed E-state index contributed by atoms with van der Waals surface area (Å²) in [5.41, 5.74) is 6.67. The Balaban J connectivity index is 1.78. The van der Waals surface area contributed by atoms with Crippen molar-refractivity contribution in [3.63, 3.8) is 0 Å². The fourth-order valence-corrected chi connectivity index (χ4v) is 4.68. The second-order valence-electron chi connectivity index (χ2n) is 6.58. The molecule has 0 radical (unpaired) electrons. The number of carbonyl (C=O) groups is 1. The van der Waals surface area contributed by atoms with Crippen molar-refractivity contribution in [3.8, 4) is 22.1 Å². The minimum absolute atomic E-state index is 0.0768. The van der Waals surface area contributed by atoms with Crippen LogP contribution in [0.4, 0.5) is 0 Å². The van der Waals surface area contributed by atoms with Gasteiger partial charge in [0.15, 0.2) is 10.8 Å². The van der Waals surface area contributed by atoms with Crippen molar-refractivity contribution in [1.29, 1.82) is 0 Å². The van der Waals surface area contributed by atoms with Crippen molar-refractivity contribution in [3.05, 3.63) is 51.5 Å². The molecule has 4 nitrogen and oxygen atoms in total. The van der Waals surface area contributed by atoms with Crippen LogP contribution >= 0.6 is 11.3 Å². The lowest BCUT2D eigenvalue weighted by Gasteiger charge is -2.16. The summed E-state index contributed by atoms with van der Waals surface area (Å²) in [6, 6.07) is 5.65. The highest BCUT2D eigenvalue weighted by Gasteiger charge is 2.28. The molecule has 0 amide bonds. The van der Waals surface area contributed by atoms with Crippen LogP contribution in [0.25, 0.3) is 11.3 Å². The number of hydrogen-bond donors (Lipinski definition) is 0. The third-order valence-corrected chi connectivity index (χ3v) is 5.89. The summed E-state index contributed by atoms with van der Waals surface area (Å²) in [4.78, 5) is 12.9. The fraction of sp³-hybridized carbons (Fsp3) is 0.300. The molecule has 0 saturated heterocycles. The Labute approximate surface area is 151 Å². The predicted octanol–water partition coefficient (Wildman–Crippen LogP) is 4.86. The average molecular weight is 352 g/mol. The summed E-state index contributed by atoms with van der Waals surface area (Å²) in [6.45, 7) is 5.69. The molecule has 0 aliphatic heterocycles. The number of carbonyl (C=O) groups excluding carboxylic acids is 1. The van der Waals surface area contributed by atoms with Crippen LogP contribution in [0.2, 0.25) is 0 Å². The number of Topliss-reactive ketones (excluding diaryl/α,β-unsaturated/α-hetero) is 1. The number of thiophene rings is 1. The van der Waals surface area contributed by atoms with E-state index in [0.717, 1.165) is 40.5 Å². The monoisotopic (exact) mass is 352 g/mol. The van der Waals surface area contributed by atoms with E-state index in [1.165, 1.54) is 21.6 Å². The van der Waals surface area contributed by atoms with Crippen molar-refractivity contribution in [1.82, 2.24) is 9.78 Å². The molecule has 25 heavy (non-hydrogen) atoms.